The van der Waals surface area contributed by atoms with Gasteiger partial charge >= 0.3 is 0 Å². The topological polar surface area (TPSA) is 157 Å². The van der Waals surface area contributed by atoms with Gasteiger partial charge in [0.25, 0.3) is 0 Å². The van der Waals surface area contributed by atoms with Crippen LogP contribution in [-0.4, -0.2) is 93.4 Å². The van der Waals surface area contributed by atoms with Crippen molar-refractivity contribution in [2.24, 2.45) is 17.8 Å². The monoisotopic (exact) mass is 689 g/mol. The van der Waals surface area contributed by atoms with Gasteiger partial charge in [-0.15, -0.1) is 0 Å². The number of fused-ring (bicyclic) bond motifs is 1. The van der Waals surface area contributed by atoms with E-state index in [2.05, 4.69) is 20.6 Å². The third-order valence-electron chi connectivity index (χ3n) is 10.5. The summed E-state index contributed by atoms with van der Waals surface area (Å²) in [6, 6.07) is 12.3. The number of benzene rings is 2. The summed E-state index contributed by atoms with van der Waals surface area (Å²) in [5, 5.41) is 30.1. The molecule has 2 heterocycles. The molecule has 11 heteroatoms. The molecule has 2 fully saturated rings. The van der Waals surface area contributed by atoms with E-state index in [4.69, 9.17) is 4.74 Å². The van der Waals surface area contributed by atoms with Crippen molar-refractivity contribution in [2.75, 3.05) is 26.3 Å². The maximum Gasteiger partial charge on any atom is 0.243 e. The van der Waals surface area contributed by atoms with Crippen molar-refractivity contribution in [3.63, 3.8) is 0 Å². The van der Waals surface area contributed by atoms with E-state index in [-0.39, 0.29) is 31.1 Å². The van der Waals surface area contributed by atoms with Crippen LogP contribution in [-0.2, 0) is 32.0 Å². The number of carbonyl (C=O) groups excluding carboxylic acids is 3. The fraction of sp³-hybridized carbons (Fsp3) is 0.590. The second-order valence-corrected chi connectivity index (χ2v) is 14.5. The van der Waals surface area contributed by atoms with Gasteiger partial charge in [0.2, 0.25) is 17.7 Å². The van der Waals surface area contributed by atoms with Gasteiger partial charge in [0.15, 0.2) is 0 Å². The average Bonchev–Trinajstić information content (AvgIpc) is 3.64. The molecule has 5 N–H and O–H groups in total. The molecule has 2 aliphatic rings. The van der Waals surface area contributed by atoms with Crippen molar-refractivity contribution in [1.29, 1.82) is 0 Å². The summed E-state index contributed by atoms with van der Waals surface area (Å²) in [4.78, 5) is 51.0. The Labute approximate surface area is 295 Å². The summed E-state index contributed by atoms with van der Waals surface area (Å²) in [5.74, 6) is -1.37. The van der Waals surface area contributed by atoms with Crippen LogP contribution in [0.5, 0.6) is 0 Å². The van der Waals surface area contributed by atoms with Crippen LogP contribution in [0.4, 0.5) is 0 Å². The van der Waals surface area contributed by atoms with Crippen molar-refractivity contribution < 1.29 is 29.3 Å². The number of hydrogen-bond donors (Lipinski definition) is 5. The normalized spacial score (nSPS) is 18.7. The second kappa shape index (κ2) is 18.4. The molecule has 11 nitrogen and oxygen atoms in total. The lowest BCUT2D eigenvalue weighted by Gasteiger charge is -2.33. The highest BCUT2D eigenvalue weighted by Gasteiger charge is 2.34. The molecule has 3 unspecified atom stereocenters. The molecule has 1 aliphatic heterocycles. The van der Waals surface area contributed by atoms with Crippen LogP contribution in [0.25, 0.3) is 10.8 Å². The fourth-order valence-corrected chi connectivity index (χ4v) is 7.32. The molecule has 1 aromatic heterocycles. The number of aliphatic hydroxyl groups is 2. The number of nitrogens with one attached hydrogen (secondary N) is 3. The van der Waals surface area contributed by atoms with E-state index in [1.54, 1.807) is 11.1 Å². The number of aliphatic hydroxyl groups excluding tert-OH is 2. The molecule has 0 bridgehead atoms. The number of hydrogen-bond acceptors (Lipinski definition) is 7. The standard InChI is InChI=1S/C39H55N5O6/c1-26(2)35(45)23-36(46)33(19-27-9-4-3-5-10-27)42-39(49)34(22-31-24-40-25-41-31)43-38(48)30(21-37(47)44-15-17-50-18-16-44)20-29-13-8-12-28-11-6-7-14-32(28)29/h6-8,11-14,24-27,30,33-36,45-46H,3-5,9-10,15-23H2,1-2H3,(H,40,41)(H,42,49)(H,43,48)/t30?,33-,34-,35?,36?/m0/s1. The first-order valence-corrected chi connectivity index (χ1v) is 18.4. The van der Waals surface area contributed by atoms with Gasteiger partial charge in [0, 0.05) is 38.5 Å². The third kappa shape index (κ3) is 10.6. The van der Waals surface area contributed by atoms with E-state index >= 15 is 0 Å². The van der Waals surface area contributed by atoms with Gasteiger partial charge in [0.05, 0.1) is 49.4 Å². The molecule has 0 spiro atoms. The van der Waals surface area contributed by atoms with E-state index < -0.39 is 42.0 Å². The van der Waals surface area contributed by atoms with Crippen LogP contribution >= 0.6 is 0 Å². The predicted octanol–water partition coefficient (Wildman–Crippen LogP) is 3.92. The maximum absolute atomic E-state index is 14.3. The number of aromatic amines is 1. The summed E-state index contributed by atoms with van der Waals surface area (Å²) in [5.41, 5.74) is 1.55. The van der Waals surface area contributed by atoms with Gasteiger partial charge in [-0.05, 0) is 41.0 Å². The number of carbonyl (C=O) groups is 3. The van der Waals surface area contributed by atoms with Crippen molar-refractivity contribution >= 4 is 28.5 Å². The second-order valence-electron chi connectivity index (χ2n) is 14.5. The smallest absolute Gasteiger partial charge is 0.243 e. The molecule has 272 valence electrons. The van der Waals surface area contributed by atoms with Crippen LogP contribution in [0.3, 0.4) is 0 Å². The summed E-state index contributed by atoms with van der Waals surface area (Å²) in [7, 11) is 0. The fourth-order valence-electron chi connectivity index (χ4n) is 7.32. The Kier molecular flexibility index (Phi) is 13.8. The number of imidazole rings is 1. The van der Waals surface area contributed by atoms with Crippen LogP contribution in [0.1, 0.15) is 76.5 Å². The van der Waals surface area contributed by atoms with Crippen molar-refractivity contribution in [1.82, 2.24) is 25.5 Å². The first-order chi connectivity index (χ1) is 24.2. The minimum atomic E-state index is -1.00. The molecule has 1 aliphatic carbocycles. The Morgan fingerprint density at radius 1 is 0.940 bits per heavy atom. The molecule has 1 saturated heterocycles. The van der Waals surface area contributed by atoms with Gasteiger partial charge < -0.3 is 35.5 Å². The van der Waals surface area contributed by atoms with Crippen LogP contribution in [0.2, 0.25) is 0 Å². The van der Waals surface area contributed by atoms with Gasteiger partial charge in [0.1, 0.15) is 6.04 Å². The SMILES string of the molecule is CC(C)C(O)CC(O)[C@H](CC1CCCCC1)NC(=O)[C@H](Cc1c[nH]cn1)NC(=O)C(CC(=O)N1CCOCC1)Cc1cccc2ccccc12. The number of morpholine rings is 1. The minimum Gasteiger partial charge on any atom is -0.393 e. The molecule has 2 aromatic carbocycles. The quantitative estimate of drug-likeness (QED) is 0.153. The average molecular weight is 690 g/mol. The zero-order valence-corrected chi connectivity index (χ0v) is 29.6. The van der Waals surface area contributed by atoms with E-state index in [9.17, 15) is 24.6 Å². The summed E-state index contributed by atoms with van der Waals surface area (Å²) in [6.07, 6.45) is 8.21. The molecule has 1 saturated carbocycles. The lowest BCUT2D eigenvalue weighted by atomic mass is 9.82. The number of rotatable bonds is 16. The molecule has 0 radical (unpaired) electrons. The lowest BCUT2D eigenvalue weighted by molar-refractivity contribution is -0.140. The maximum atomic E-state index is 14.3. The van der Waals surface area contributed by atoms with Gasteiger partial charge in [-0.2, -0.15) is 0 Å². The molecule has 5 atom stereocenters. The molecular weight excluding hydrogens is 634 g/mol. The van der Waals surface area contributed by atoms with E-state index in [1.165, 1.54) is 12.7 Å². The third-order valence-corrected chi connectivity index (χ3v) is 10.5. The Hall–Kier alpha value is -3.80. The first-order valence-electron chi connectivity index (χ1n) is 18.4. The molecule has 3 aromatic rings. The van der Waals surface area contributed by atoms with Crippen LogP contribution in [0, 0.1) is 17.8 Å². The Morgan fingerprint density at radius 3 is 2.40 bits per heavy atom. The molecule has 3 amide bonds. The lowest BCUT2D eigenvalue weighted by Crippen LogP contribution is -2.55. The predicted molar refractivity (Wildman–Crippen MR) is 192 cm³/mol. The van der Waals surface area contributed by atoms with Crippen molar-refractivity contribution in [2.45, 2.75) is 102 Å². The van der Waals surface area contributed by atoms with Gasteiger partial charge in [-0.1, -0.05) is 88.4 Å². The van der Waals surface area contributed by atoms with Crippen LogP contribution < -0.4 is 10.6 Å². The molecule has 5 rings (SSSR count). The highest BCUT2D eigenvalue weighted by atomic mass is 16.5. The zero-order valence-electron chi connectivity index (χ0n) is 29.6. The summed E-state index contributed by atoms with van der Waals surface area (Å²) < 4.78 is 5.45. The molecular formula is C39H55N5O6. The van der Waals surface area contributed by atoms with Crippen LogP contribution in [0.15, 0.2) is 55.0 Å². The number of nitrogens with zero attached hydrogens (tertiary/aromatic N) is 2. The van der Waals surface area contributed by atoms with Gasteiger partial charge in [-0.25, -0.2) is 4.98 Å². The largest absolute Gasteiger partial charge is 0.393 e. The highest BCUT2D eigenvalue weighted by Crippen LogP contribution is 2.29. The number of amides is 3. The first kappa shape index (κ1) is 37.5. The Morgan fingerprint density at radius 2 is 1.68 bits per heavy atom. The van der Waals surface area contributed by atoms with E-state index in [0.717, 1.165) is 42.0 Å². The van der Waals surface area contributed by atoms with E-state index in [1.807, 2.05) is 56.3 Å². The van der Waals surface area contributed by atoms with Crippen molar-refractivity contribution in [3.8, 4) is 0 Å². The highest BCUT2D eigenvalue weighted by molar-refractivity contribution is 5.92. The number of H-pyrrole nitrogens is 1. The minimum absolute atomic E-state index is 0.0120. The molecule has 50 heavy (non-hydrogen) atoms. The van der Waals surface area contributed by atoms with E-state index in [0.29, 0.717) is 50.8 Å². The van der Waals surface area contributed by atoms with Gasteiger partial charge in [-0.3, -0.25) is 14.4 Å². The zero-order chi connectivity index (χ0) is 35.5. The number of aromatic nitrogens is 2. The Bertz CT molecular complexity index is 1510. The summed E-state index contributed by atoms with van der Waals surface area (Å²) >= 11 is 0. The Balaban J connectivity index is 1.38. The number of ether oxygens (including phenoxy) is 1. The summed E-state index contributed by atoms with van der Waals surface area (Å²) in [6.45, 7) is 5.67. The van der Waals surface area contributed by atoms with Crippen molar-refractivity contribution in [3.05, 3.63) is 66.2 Å².